The Labute approximate surface area is 114 Å². The SMILES string of the molecule is CC(C)C(N)c1ccn(Cc2ccc(C#N)cc2)c1. The first-order valence-corrected chi connectivity index (χ1v) is 6.50. The molecule has 0 radical (unpaired) electrons. The summed E-state index contributed by atoms with van der Waals surface area (Å²) in [5.74, 6) is 0.436. The third kappa shape index (κ3) is 3.24. The first-order valence-electron chi connectivity index (χ1n) is 6.50. The fourth-order valence-corrected chi connectivity index (χ4v) is 2.04. The van der Waals surface area contributed by atoms with E-state index in [9.17, 15) is 0 Å². The van der Waals surface area contributed by atoms with Crippen molar-refractivity contribution in [3.8, 4) is 6.07 Å². The normalized spacial score (nSPS) is 12.4. The molecule has 0 fully saturated rings. The molecule has 0 saturated heterocycles. The van der Waals surface area contributed by atoms with E-state index in [4.69, 9.17) is 11.0 Å². The van der Waals surface area contributed by atoms with Crippen molar-refractivity contribution in [1.29, 1.82) is 5.26 Å². The molecule has 1 aromatic heterocycles. The Kier molecular flexibility index (Phi) is 4.03. The summed E-state index contributed by atoms with van der Waals surface area (Å²) in [7, 11) is 0. The first-order chi connectivity index (χ1) is 9.10. The van der Waals surface area contributed by atoms with Gasteiger partial charge >= 0.3 is 0 Å². The maximum Gasteiger partial charge on any atom is 0.0991 e. The maximum atomic E-state index is 8.77. The van der Waals surface area contributed by atoms with Gasteiger partial charge in [-0.05, 0) is 35.2 Å². The molecule has 0 aliphatic carbocycles. The van der Waals surface area contributed by atoms with Gasteiger partial charge in [0.1, 0.15) is 0 Å². The van der Waals surface area contributed by atoms with Gasteiger partial charge in [0.05, 0.1) is 11.6 Å². The van der Waals surface area contributed by atoms with Crippen LogP contribution >= 0.6 is 0 Å². The van der Waals surface area contributed by atoms with Crippen LogP contribution in [-0.2, 0) is 6.54 Å². The summed E-state index contributed by atoms with van der Waals surface area (Å²) in [5.41, 5.74) is 9.18. The zero-order valence-electron chi connectivity index (χ0n) is 11.4. The highest BCUT2D eigenvalue weighted by Gasteiger charge is 2.11. The number of hydrogen-bond acceptors (Lipinski definition) is 2. The molecule has 1 aromatic carbocycles. The first kappa shape index (κ1) is 13.4. The highest BCUT2D eigenvalue weighted by molar-refractivity contribution is 5.31. The molecule has 0 aliphatic rings. The van der Waals surface area contributed by atoms with Crippen LogP contribution in [0, 0.1) is 17.2 Å². The van der Waals surface area contributed by atoms with Crippen LogP contribution in [0.1, 0.15) is 36.6 Å². The second-order valence-electron chi connectivity index (χ2n) is 5.20. The molecule has 1 atom stereocenters. The molecule has 3 heteroatoms. The molecule has 2 rings (SSSR count). The molecule has 2 aromatic rings. The summed E-state index contributed by atoms with van der Waals surface area (Å²) >= 11 is 0. The number of nitriles is 1. The van der Waals surface area contributed by atoms with Crippen molar-refractivity contribution in [3.63, 3.8) is 0 Å². The van der Waals surface area contributed by atoms with E-state index in [1.807, 2.05) is 24.3 Å². The average Bonchev–Trinajstić information content (AvgIpc) is 2.87. The largest absolute Gasteiger partial charge is 0.350 e. The van der Waals surface area contributed by atoms with Crippen molar-refractivity contribution >= 4 is 0 Å². The van der Waals surface area contributed by atoms with Gasteiger partial charge in [-0.2, -0.15) is 5.26 Å². The van der Waals surface area contributed by atoms with E-state index in [0.29, 0.717) is 11.5 Å². The molecule has 3 nitrogen and oxygen atoms in total. The highest BCUT2D eigenvalue weighted by Crippen LogP contribution is 2.19. The van der Waals surface area contributed by atoms with Crippen LogP contribution in [0.2, 0.25) is 0 Å². The number of nitrogens with two attached hydrogens (primary N) is 1. The molecule has 1 unspecified atom stereocenters. The van der Waals surface area contributed by atoms with Crippen LogP contribution < -0.4 is 5.73 Å². The molecule has 0 amide bonds. The lowest BCUT2D eigenvalue weighted by Gasteiger charge is -2.13. The molecule has 98 valence electrons. The molecular formula is C16H19N3. The van der Waals surface area contributed by atoms with E-state index in [0.717, 1.165) is 6.54 Å². The number of rotatable bonds is 4. The van der Waals surface area contributed by atoms with Gasteiger partial charge in [0, 0.05) is 25.0 Å². The molecule has 0 bridgehead atoms. The van der Waals surface area contributed by atoms with Gasteiger partial charge in [0.25, 0.3) is 0 Å². The van der Waals surface area contributed by atoms with Gasteiger partial charge in [0.15, 0.2) is 0 Å². The fraction of sp³-hybridized carbons (Fsp3) is 0.312. The topological polar surface area (TPSA) is 54.7 Å². The smallest absolute Gasteiger partial charge is 0.0991 e. The van der Waals surface area contributed by atoms with E-state index in [1.165, 1.54) is 11.1 Å². The minimum Gasteiger partial charge on any atom is -0.350 e. The molecular weight excluding hydrogens is 234 g/mol. The second-order valence-corrected chi connectivity index (χ2v) is 5.20. The van der Waals surface area contributed by atoms with Crippen LogP contribution in [0.3, 0.4) is 0 Å². The third-order valence-electron chi connectivity index (χ3n) is 3.32. The van der Waals surface area contributed by atoms with Crippen molar-refractivity contribution in [2.45, 2.75) is 26.4 Å². The quantitative estimate of drug-likeness (QED) is 0.910. The van der Waals surface area contributed by atoms with Gasteiger partial charge in [-0.15, -0.1) is 0 Å². The zero-order valence-corrected chi connectivity index (χ0v) is 11.4. The summed E-state index contributed by atoms with van der Waals surface area (Å²) in [6.07, 6.45) is 4.15. The van der Waals surface area contributed by atoms with Crippen molar-refractivity contribution in [1.82, 2.24) is 4.57 Å². The number of nitrogens with zero attached hydrogens (tertiary/aromatic N) is 2. The predicted octanol–water partition coefficient (Wildman–Crippen LogP) is 3.06. The van der Waals surface area contributed by atoms with Crippen LogP contribution in [0.5, 0.6) is 0 Å². The number of aromatic nitrogens is 1. The predicted molar refractivity (Wildman–Crippen MR) is 76.5 cm³/mol. The van der Waals surface area contributed by atoms with Crippen LogP contribution in [-0.4, -0.2) is 4.57 Å². The van der Waals surface area contributed by atoms with Gasteiger partial charge in [0.2, 0.25) is 0 Å². The second kappa shape index (κ2) is 5.73. The van der Waals surface area contributed by atoms with E-state index >= 15 is 0 Å². The minimum absolute atomic E-state index is 0.0854. The van der Waals surface area contributed by atoms with E-state index in [-0.39, 0.29) is 6.04 Å². The van der Waals surface area contributed by atoms with E-state index in [2.05, 4.69) is 42.9 Å². The maximum absolute atomic E-state index is 8.77. The summed E-state index contributed by atoms with van der Waals surface area (Å²) in [4.78, 5) is 0. The Bertz CT molecular complexity index is 573. The number of hydrogen-bond donors (Lipinski definition) is 1. The molecule has 19 heavy (non-hydrogen) atoms. The Morgan fingerprint density at radius 2 is 1.89 bits per heavy atom. The Hall–Kier alpha value is -2.05. The molecule has 0 aliphatic heterocycles. The van der Waals surface area contributed by atoms with Gasteiger partial charge in [-0.25, -0.2) is 0 Å². The lowest BCUT2D eigenvalue weighted by Crippen LogP contribution is -2.15. The highest BCUT2D eigenvalue weighted by atomic mass is 14.9. The monoisotopic (exact) mass is 253 g/mol. The lowest BCUT2D eigenvalue weighted by molar-refractivity contribution is 0.513. The Morgan fingerprint density at radius 3 is 2.47 bits per heavy atom. The zero-order chi connectivity index (χ0) is 13.8. The lowest BCUT2D eigenvalue weighted by atomic mass is 10.00. The fourth-order valence-electron chi connectivity index (χ4n) is 2.04. The number of benzene rings is 1. The van der Waals surface area contributed by atoms with Crippen molar-refractivity contribution < 1.29 is 0 Å². The molecule has 0 saturated carbocycles. The summed E-state index contributed by atoms with van der Waals surface area (Å²) < 4.78 is 2.12. The van der Waals surface area contributed by atoms with Gasteiger partial charge in [-0.1, -0.05) is 26.0 Å². The standard InChI is InChI=1S/C16H19N3/c1-12(2)16(18)15-7-8-19(11-15)10-14-5-3-13(9-17)4-6-14/h3-8,11-12,16H,10,18H2,1-2H3. The van der Waals surface area contributed by atoms with Gasteiger partial charge < -0.3 is 10.3 Å². The van der Waals surface area contributed by atoms with Crippen LogP contribution in [0.25, 0.3) is 0 Å². The summed E-state index contributed by atoms with van der Waals surface area (Å²) in [6.45, 7) is 5.06. The molecule has 2 N–H and O–H groups in total. The minimum atomic E-state index is 0.0854. The van der Waals surface area contributed by atoms with Crippen LogP contribution in [0.15, 0.2) is 42.7 Å². The molecule has 1 heterocycles. The third-order valence-corrected chi connectivity index (χ3v) is 3.32. The molecule has 0 spiro atoms. The van der Waals surface area contributed by atoms with Crippen molar-refractivity contribution in [2.24, 2.45) is 11.7 Å². The summed E-state index contributed by atoms with van der Waals surface area (Å²) in [5, 5.41) is 8.77. The van der Waals surface area contributed by atoms with E-state index in [1.54, 1.807) is 0 Å². The average molecular weight is 253 g/mol. The van der Waals surface area contributed by atoms with Crippen LogP contribution in [0.4, 0.5) is 0 Å². The summed E-state index contributed by atoms with van der Waals surface area (Å²) in [6, 6.07) is 12.0. The van der Waals surface area contributed by atoms with E-state index < -0.39 is 0 Å². The van der Waals surface area contributed by atoms with Crippen molar-refractivity contribution in [3.05, 3.63) is 59.4 Å². The Morgan fingerprint density at radius 1 is 1.21 bits per heavy atom. The Balaban J connectivity index is 2.09. The van der Waals surface area contributed by atoms with Crippen molar-refractivity contribution in [2.75, 3.05) is 0 Å². The van der Waals surface area contributed by atoms with Gasteiger partial charge in [-0.3, -0.25) is 0 Å².